The highest BCUT2D eigenvalue weighted by molar-refractivity contribution is 6.30. The number of piperidine rings is 1. The molecule has 2 aromatic heterocycles. The molecule has 2 saturated heterocycles. The predicted octanol–water partition coefficient (Wildman–Crippen LogP) is 4.86. The van der Waals surface area contributed by atoms with Gasteiger partial charge in [-0.1, -0.05) is 23.7 Å². The van der Waals surface area contributed by atoms with Crippen molar-refractivity contribution in [3.8, 4) is 22.6 Å². The second kappa shape index (κ2) is 8.09. The van der Waals surface area contributed by atoms with Crippen LogP contribution in [0.15, 0.2) is 54.9 Å². The van der Waals surface area contributed by atoms with Crippen LogP contribution in [0.1, 0.15) is 19.3 Å². The molecule has 5 rings (SSSR count). The summed E-state index contributed by atoms with van der Waals surface area (Å²) < 4.78 is 6.07. The second-order valence-corrected chi connectivity index (χ2v) is 8.17. The van der Waals surface area contributed by atoms with Gasteiger partial charge in [-0.2, -0.15) is 0 Å². The first-order valence-corrected chi connectivity index (χ1v) is 10.6. The molecule has 2 aliphatic rings. The average Bonchev–Trinajstić information content (AvgIpc) is 2.79. The minimum Gasteiger partial charge on any atom is -0.376 e. The Morgan fingerprint density at radius 3 is 2.76 bits per heavy atom. The Morgan fingerprint density at radius 1 is 1.03 bits per heavy atom. The predicted molar refractivity (Wildman–Crippen MR) is 115 cm³/mol. The lowest BCUT2D eigenvalue weighted by Crippen LogP contribution is -2.47. The normalized spacial score (nSPS) is 21.6. The van der Waals surface area contributed by atoms with Crippen LogP contribution in [0.3, 0.4) is 0 Å². The monoisotopic (exact) mass is 406 g/mol. The molecule has 0 N–H and O–H groups in total. The van der Waals surface area contributed by atoms with E-state index in [2.05, 4.69) is 16.0 Å². The van der Waals surface area contributed by atoms with E-state index in [4.69, 9.17) is 26.3 Å². The lowest BCUT2D eigenvalue weighted by Gasteiger charge is -2.41. The molecule has 2 fully saturated rings. The molecule has 2 atom stereocenters. The molecule has 0 aliphatic carbocycles. The third-order valence-corrected chi connectivity index (χ3v) is 6.10. The van der Waals surface area contributed by atoms with Crippen LogP contribution in [-0.2, 0) is 4.74 Å². The van der Waals surface area contributed by atoms with Gasteiger partial charge < -0.3 is 9.64 Å². The number of ether oxygens (including phenoxy) is 1. The second-order valence-electron chi connectivity index (χ2n) is 7.73. The number of fused-ring (bicyclic) bond motifs is 1. The molecule has 148 valence electrons. The molecule has 4 heterocycles. The van der Waals surface area contributed by atoms with E-state index in [0.717, 1.165) is 48.8 Å². The molecule has 5 nitrogen and oxygen atoms in total. The number of halogens is 1. The lowest BCUT2D eigenvalue weighted by molar-refractivity contribution is -0.0323. The Bertz CT molecular complexity index is 980. The maximum atomic E-state index is 6.08. The van der Waals surface area contributed by atoms with E-state index in [1.165, 1.54) is 12.8 Å². The van der Waals surface area contributed by atoms with Crippen LogP contribution in [0, 0.1) is 5.92 Å². The Hall–Kier alpha value is -2.50. The molecule has 2 aliphatic heterocycles. The molecule has 29 heavy (non-hydrogen) atoms. The first kappa shape index (κ1) is 18.5. The first-order chi connectivity index (χ1) is 14.3. The van der Waals surface area contributed by atoms with Gasteiger partial charge in [-0.25, -0.2) is 9.97 Å². The van der Waals surface area contributed by atoms with Gasteiger partial charge in [0.05, 0.1) is 11.8 Å². The van der Waals surface area contributed by atoms with Gasteiger partial charge in [0.1, 0.15) is 5.82 Å². The fourth-order valence-electron chi connectivity index (χ4n) is 4.26. The smallest absolute Gasteiger partial charge is 0.163 e. The van der Waals surface area contributed by atoms with Gasteiger partial charge in [-0.05, 0) is 49.4 Å². The summed E-state index contributed by atoms with van der Waals surface area (Å²) in [7, 11) is 0. The van der Waals surface area contributed by atoms with Gasteiger partial charge in [0.25, 0.3) is 0 Å². The van der Waals surface area contributed by atoms with Crippen molar-refractivity contribution in [3.05, 3.63) is 59.9 Å². The number of rotatable bonds is 3. The van der Waals surface area contributed by atoms with Crippen LogP contribution in [0.25, 0.3) is 22.6 Å². The summed E-state index contributed by atoms with van der Waals surface area (Å²) >= 11 is 6.08. The van der Waals surface area contributed by atoms with Gasteiger partial charge in [-0.15, -0.1) is 0 Å². The summed E-state index contributed by atoms with van der Waals surface area (Å²) in [5.41, 5.74) is 2.82. The number of pyridine rings is 1. The summed E-state index contributed by atoms with van der Waals surface area (Å²) in [6.45, 7) is 2.75. The van der Waals surface area contributed by atoms with Crippen molar-refractivity contribution < 1.29 is 4.74 Å². The van der Waals surface area contributed by atoms with Crippen LogP contribution in [0.4, 0.5) is 5.82 Å². The highest BCUT2D eigenvalue weighted by atomic mass is 35.5. The highest BCUT2D eigenvalue weighted by Crippen LogP contribution is 2.33. The summed E-state index contributed by atoms with van der Waals surface area (Å²) in [6.07, 6.45) is 7.47. The maximum absolute atomic E-state index is 6.08. The van der Waals surface area contributed by atoms with Crippen molar-refractivity contribution in [3.63, 3.8) is 0 Å². The number of aromatic nitrogens is 3. The van der Waals surface area contributed by atoms with Crippen molar-refractivity contribution >= 4 is 17.4 Å². The van der Waals surface area contributed by atoms with Gasteiger partial charge >= 0.3 is 0 Å². The fourth-order valence-corrected chi connectivity index (χ4v) is 4.39. The molecule has 2 unspecified atom stereocenters. The van der Waals surface area contributed by atoms with E-state index < -0.39 is 0 Å². The zero-order valence-electron chi connectivity index (χ0n) is 16.2. The molecule has 0 amide bonds. The van der Waals surface area contributed by atoms with E-state index in [1.807, 2.05) is 36.4 Å². The van der Waals surface area contributed by atoms with E-state index in [0.29, 0.717) is 22.9 Å². The largest absolute Gasteiger partial charge is 0.376 e. The van der Waals surface area contributed by atoms with E-state index >= 15 is 0 Å². The molecule has 0 saturated carbocycles. The van der Waals surface area contributed by atoms with Crippen molar-refractivity contribution in [2.45, 2.75) is 25.4 Å². The third-order valence-electron chi connectivity index (χ3n) is 5.84. The van der Waals surface area contributed by atoms with Crippen molar-refractivity contribution in [1.29, 1.82) is 0 Å². The van der Waals surface area contributed by atoms with Crippen molar-refractivity contribution in [2.75, 3.05) is 24.6 Å². The molecule has 0 radical (unpaired) electrons. The standard InChI is InChI=1S/C23H23ClN4O/c24-19-7-5-16(6-8-19)20-13-22(27-23(26-20)18-3-1-10-25-14-18)28-11-9-17-4-2-12-29-21(17)15-28/h1,3,5-8,10,13-14,17,21H,2,4,9,11-12,15H2. The molecular formula is C23H23ClN4O. The van der Waals surface area contributed by atoms with Gasteiger partial charge in [0.15, 0.2) is 5.82 Å². The zero-order chi connectivity index (χ0) is 19.6. The minimum atomic E-state index is 0.299. The fraction of sp³-hybridized carbons (Fsp3) is 0.348. The first-order valence-electron chi connectivity index (χ1n) is 10.2. The van der Waals surface area contributed by atoms with Crippen LogP contribution in [-0.4, -0.2) is 40.8 Å². The average molecular weight is 407 g/mol. The topological polar surface area (TPSA) is 51.1 Å². The van der Waals surface area contributed by atoms with Gasteiger partial charge in [0.2, 0.25) is 0 Å². The van der Waals surface area contributed by atoms with E-state index in [-0.39, 0.29) is 0 Å². The summed E-state index contributed by atoms with van der Waals surface area (Å²) in [6, 6.07) is 13.8. The van der Waals surface area contributed by atoms with Crippen LogP contribution >= 0.6 is 11.6 Å². The Morgan fingerprint density at radius 2 is 1.93 bits per heavy atom. The van der Waals surface area contributed by atoms with Crippen LogP contribution in [0.5, 0.6) is 0 Å². The Balaban J connectivity index is 1.53. The number of anilines is 1. The lowest BCUT2D eigenvalue weighted by atomic mass is 9.88. The Kier molecular flexibility index (Phi) is 5.17. The Labute approximate surface area is 175 Å². The summed E-state index contributed by atoms with van der Waals surface area (Å²) in [5, 5.41) is 0.715. The number of benzene rings is 1. The quantitative estimate of drug-likeness (QED) is 0.621. The molecule has 6 heteroatoms. The molecule has 3 aromatic rings. The molecule has 0 spiro atoms. The number of hydrogen-bond donors (Lipinski definition) is 0. The van der Waals surface area contributed by atoms with Crippen molar-refractivity contribution in [1.82, 2.24) is 15.0 Å². The minimum absolute atomic E-state index is 0.299. The molecule has 0 bridgehead atoms. The summed E-state index contributed by atoms with van der Waals surface area (Å²) in [5.74, 6) is 2.30. The van der Waals surface area contributed by atoms with Crippen LogP contribution in [0.2, 0.25) is 5.02 Å². The summed E-state index contributed by atoms with van der Waals surface area (Å²) in [4.78, 5) is 16.3. The maximum Gasteiger partial charge on any atom is 0.163 e. The number of hydrogen-bond acceptors (Lipinski definition) is 5. The van der Waals surface area contributed by atoms with Crippen LogP contribution < -0.4 is 4.90 Å². The number of nitrogens with zero attached hydrogens (tertiary/aromatic N) is 4. The third kappa shape index (κ3) is 3.98. The van der Waals surface area contributed by atoms with Crippen molar-refractivity contribution in [2.24, 2.45) is 5.92 Å². The SMILES string of the molecule is Clc1ccc(-c2cc(N3CCC4CCCOC4C3)nc(-c3cccnc3)n2)cc1. The molecule has 1 aromatic carbocycles. The highest BCUT2D eigenvalue weighted by Gasteiger charge is 2.33. The molecular weight excluding hydrogens is 384 g/mol. The zero-order valence-corrected chi connectivity index (χ0v) is 16.9. The van der Waals surface area contributed by atoms with Gasteiger partial charge in [0, 0.05) is 54.3 Å². The van der Waals surface area contributed by atoms with E-state index in [1.54, 1.807) is 12.4 Å². The van der Waals surface area contributed by atoms with Gasteiger partial charge in [-0.3, -0.25) is 4.98 Å². The van der Waals surface area contributed by atoms with E-state index in [9.17, 15) is 0 Å².